The average Bonchev–Trinajstić information content (AvgIpc) is 3.05. The van der Waals surface area contributed by atoms with Crippen LogP contribution in [-0.2, 0) is 24.8 Å². The van der Waals surface area contributed by atoms with Gasteiger partial charge >= 0.3 is 0 Å². The summed E-state index contributed by atoms with van der Waals surface area (Å²) in [5.74, 6) is 0.190. The number of benzene rings is 4. The average molecular weight is 711 g/mol. The fraction of sp³-hybridized carbons (Fsp3) is 0.167. The Labute approximate surface area is 276 Å². The fourth-order valence-corrected chi connectivity index (χ4v) is 7.15. The first-order valence-electron chi connectivity index (χ1n) is 13.2. The number of nitrogens with zero attached hydrogens (tertiary/aromatic N) is 1. The van der Waals surface area contributed by atoms with Gasteiger partial charge in [-0.3, -0.25) is 13.8 Å². The summed E-state index contributed by atoms with van der Waals surface area (Å²) in [6.45, 7) is -0.699. The van der Waals surface area contributed by atoms with Crippen LogP contribution in [0.1, 0.15) is 0 Å². The SMILES string of the molecule is COc1ccc(OC)c(N(CC(=O)Nc2ccc(S(=O)(=O)Nc3cccc(Cl)c3Cl)cc2)S(=O)(=O)c2ccc(OC)c(OC)c2)c1. The predicted molar refractivity (Wildman–Crippen MR) is 176 cm³/mol. The van der Waals surface area contributed by atoms with E-state index in [4.69, 9.17) is 42.1 Å². The Morgan fingerprint density at radius 2 is 1.37 bits per heavy atom. The third-order valence-electron chi connectivity index (χ3n) is 6.53. The monoisotopic (exact) mass is 709 g/mol. The molecule has 2 N–H and O–H groups in total. The molecule has 0 saturated heterocycles. The Hall–Kier alpha value is -4.37. The van der Waals surface area contributed by atoms with Crippen molar-refractivity contribution in [2.24, 2.45) is 0 Å². The van der Waals surface area contributed by atoms with Gasteiger partial charge in [-0.15, -0.1) is 0 Å². The van der Waals surface area contributed by atoms with Crippen LogP contribution in [0.25, 0.3) is 0 Å². The predicted octanol–water partition coefficient (Wildman–Crippen LogP) is 5.66. The van der Waals surface area contributed by atoms with Crippen LogP contribution >= 0.6 is 23.2 Å². The van der Waals surface area contributed by atoms with Crippen LogP contribution in [-0.4, -0.2) is 57.7 Å². The molecule has 0 atom stereocenters. The van der Waals surface area contributed by atoms with Crippen LogP contribution in [0.5, 0.6) is 23.0 Å². The van der Waals surface area contributed by atoms with Gasteiger partial charge in [0.15, 0.2) is 11.5 Å². The second-order valence-corrected chi connectivity index (χ2v) is 13.7. The molecule has 1 amide bonds. The summed E-state index contributed by atoms with van der Waals surface area (Å²) in [6, 6.07) is 18.3. The number of ether oxygens (including phenoxy) is 4. The zero-order chi connectivity index (χ0) is 33.6. The van der Waals surface area contributed by atoms with E-state index in [1.54, 1.807) is 12.1 Å². The molecular weight excluding hydrogens is 681 g/mol. The van der Waals surface area contributed by atoms with Gasteiger partial charge in [0.05, 0.1) is 59.7 Å². The molecule has 46 heavy (non-hydrogen) atoms. The molecular formula is C30H29Cl2N3O9S2. The van der Waals surface area contributed by atoms with Gasteiger partial charge in [-0.05, 0) is 60.7 Å². The highest BCUT2D eigenvalue weighted by molar-refractivity contribution is 7.93. The zero-order valence-electron chi connectivity index (χ0n) is 24.9. The number of carbonyl (C=O) groups excluding carboxylic acids is 1. The Morgan fingerprint density at radius 3 is 2.00 bits per heavy atom. The molecule has 0 spiro atoms. The molecule has 4 aromatic carbocycles. The van der Waals surface area contributed by atoms with Gasteiger partial charge in [-0.25, -0.2) is 16.8 Å². The summed E-state index contributed by atoms with van der Waals surface area (Å²) in [5, 5.41) is 2.82. The van der Waals surface area contributed by atoms with Crippen molar-refractivity contribution in [1.82, 2.24) is 0 Å². The summed E-state index contributed by atoms with van der Waals surface area (Å²) >= 11 is 12.1. The van der Waals surface area contributed by atoms with E-state index in [0.29, 0.717) is 11.5 Å². The summed E-state index contributed by atoms with van der Waals surface area (Å²) in [5.41, 5.74) is 0.320. The highest BCUT2D eigenvalue weighted by Crippen LogP contribution is 2.38. The number of hydrogen-bond acceptors (Lipinski definition) is 9. The van der Waals surface area contributed by atoms with Crippen LogP contribution in [0.3, 0.4) is 0 Å². The number of carbonyl (C=O) groups is 1. The Kier molecular flexibility index (Phi) is 10.8. The number of methoxy groups -OCH3 is 4. The molecule has 0 radical (unpaired) electrons. The lowest BCUT2D eigenvalue weighted by Gasteiger charge is -2.26. The molecule has 0 aliphatic heterocycles. The van der Waals surface area contributed by atoms with Gasteiger partial charge in [0.1, 0.15) is 18.0 Å². The third-order valence-corrected chi connectivity index (χ3v) is 10.5. The molecule has 0 unspecified atom stereocenters. The molecule has 4 rings (SSSR count). The number of amides is 1. The van der Waals surface area contributed by atoms with E-state index in [9.17, 15) is 21.6 Å². The second kappa shape index (κ2) is 14.4. The van der Waals surface area contributed by atoms with E-state index in [1.165, 1.54) is 95.2 Å². The van der Waals surface area contributed by atoms with E-state index in [2.05, 4.69) is 10.0 Å². The van der Waals surface area contributed by atoms with Crippen LogP contribution in [0.2, 0.25) is 10.0 Å². The first kappa shape index (κ1) is 34.5. The fourth-order valence-electron chi connectivity index (χ4n) is 4.23. The number of halogens is 2. The highest BCUT2D eigenvalue weighted by atomic mass is 35.5. The van der Waals surface area contributed by atoms with Crippen molar-refractivity contribution >= 4 is 66.2 Å². The lowest BCUT2D eigenvalue weighted by molar-refractivity contribution is -0.114. The molecule has 0 bridgehead atoms. The van der Waals surface area contributed by atoms with Crippen LogP contribution in [0, 0.1) is 0 Å². The number of rotatable bonds is 13. The van der Waals surface area contributed by atoms with E-state index in [1.807, 2.05) is 0 Å². The summed E-state index contributed by atoms with van der Waals surface area (Å²) in [6.07, 6.45) is 0. The standard InChI is InChI=1S/C30H29Cl2N3O9S2/c1-41-20-10-14-26(42-2)25(16-20)35(46(39,40)22-13-15-27(43-3)28(17-22)44-4)18-29(36)33-19-8-11-21(12-9-19)45(37,38)34-24-7-5-6-23(31)30(24)32/h5-17,34H,18H2,1-4H3,(H,33,36). The molecule has 0 aromatic heterocycles. The van der Waals surface area contributed by atoms with Crippen molar-refractivity contribution in [2.45, 2.75) is 9.79 Å². The molecule has 244 valence electrons. The number of hydrogen-bond donors (Lipinski definition) is 2. The molecule has 0 aliphatic carbocycles. The number of sulfonamides is 2. The highest BCUT2D eigenvalue weighted by Gasteiger charge is 2.31. The summed E-state index contributed by atoms with van der Waals surface area (Å²) < 4.78 is 78.5. The van der Waals surface area contributed by atoms with E-state index in [-0.39, 0.29) is 48.4 Å². The molecule has 16 heteroatoms. The van der Waals surface area contributed by atoms with Crippen molar-refractivity contribution in [2.75, 3.05) is 49.3 Å². The van der Waals surface area contributed by atoms with Crippen molar-refractivity contribution in [3.8, 4) is 23.0 Å². The van der Waals surface area contributed by atoms with E-state index < -0.39 is 32.5 Å². The molecule has 12 nitrogen and oxygen atoms in total. The van der Waals surface area contributed by atoms with E-state index in [0.717, 1.165) is 4.31 Å². The van der Waals surface area contributed by atoms with Crippen LogP contribution in [0.4, 0.5) is 17.1 Å². The van der Waals surface area contributed by atoms with Gasteiger partial charge in [-0.2, -0.15) is 0 Å². The summed E-state index contributed by atoms with van der Waals surface area (Å²) in [4.78, 5) is 13.0. The second-order valence-electron chi connectivity index (χ2n) is 9.35. The topological polar surface area (TPSA) is 150 Å². The first-order chi connectivity index (χ1) is 21.8. The van der Waals surface area contributed by atoms with Gasteiger partial charge in [0, 0.05) is 17.8 Å². The number of anilines is 3. The third kappa shape index (κ3) is 7.53. The van der Waals surface area contributed by atoms with Crippen molar-refractivity contribution in [3.05, 3.63) is 88.9 Å². The molecule has 4 aromatic rings. The maximum absolute atomic E-state index is 14.1. The Bertz CT molecular complexity index is 1960. The minimum atomic E-state index is -4.43. The zero-order valence-corrected chi connectivity index (χ0v) is 28.1. The number of nitrogens with one attached hydrogen (secondary N) is 2. The van der Waals surface area contributed by atoms with Crippen molar-refractivity contribution in [1.29, 1.82) is 0 Å². The molecule has 0 heterocycles. The first-order valence-corrected chi connectivity index (χ1v) is 16.9. The maximum atomic E-state index is 14.1. The minimum absolute atomic E-state index is 0.0268. The van der Waals surface area contributed by atoms with E-state index >= 15 is 0 Å². The lowest BCUT2D eigenvalue weighted by Crippen LogP contribution is -2.38. The molecule has 0 saturated carbocycles. The largest absolute Gasteiger partial charge is 0.497 e. The van der Waals surface area contributed by atoms with Gasteiger partial charge < -0.3 is 24.3 Å². The maximum Gasteiger partial charge on any atom is 0.265 e. The molecule has 0 aliphatic rings. The van der Waals surface area contributed by atoms with Crippen LogP contribution < -0.4 is 33.3 Å². The lowest BCUT2D eigenvalue weighted by atomic mass is 10.2. The minimum Gasteiger partial charge on any atom is -0.497 e. The normalized spacial score (nSPS) is 11.3. The van der Waals surface area contributed by atoms with Crippen molar-refractivity contribution in [3.63, 3.8) is 0 Å². The Balaban J connectivity index is 1.64. The smallest absolute Gasteiger partial charge is 0.265 e. The van der Waals surface area contributed by atoms with Gasteiger partial charge in [0.2, 0.25) is 5.91 Å². The molecule has 0 fully saturated rings. The van der Waals surface area contributed by atoms with Gasteiger partial charge in [0.25, 0.3) is 20.0 Å². The Morgan fingerprint density at radius 1 is 0.739 bits per heavy atom. The van der Waals surface area contributed by atoms with Crippen molar-refractivity contribution < 1.29 is 40.6 Å². The van der Waals surface area contributed by atoms with Crippen LogP contribution in [0.15, 0.2) is 88.7 Å². The summed E-state index contributed by atoms with van der Waals surface area (Å²) in [7, 11) is -2.94. The quantitative estimate of drug-likeness (QED) is 0.179. The van der Waals surface area contributed by atoms with Gasteiger partial charge in [-0.1, -0.05) is 29.3 Å².